The van der Waals surface area contributed by atoms with Gasteiger partial charge in [-0.25, -0.2) is 0 Å². The molecule has 2 atom stereocenters. The van der Waals surface area contributed by atoms with E-state index in [1.54, 1.807) is 0 Å². The number of rotatable bonds is 2. The molecule has 0 amide bonds. The van der Waals surface area contributed by atoms with E-state index < -0.39 is 0 Å². The van der Waals surface area contributed by atoms with E-state index in [0.717, 1.165) is 13.1 Å². The van der Waals surface area contributed by atoms with Gasteiger partial charge in [-0.15, -0.1) is 11.6 Å². The van der Waals surface area contributed by atoms with Crippen LogP contribution in [0, 0.1) is 6.92 Å². The molecule has 1 nitrogen and oxygen atoms in total. The van der Waals surface area contributed by atoms with Gasteiger partial charge in [0, 0.05) is 35.2 Å². The van der Waals surface area contributed by atoms with E-state index in [9.17, 15) is 0 Å². The van der Waals surface area contributed by atoms with Gasteiger partial charge in [-0.3, -0.25) is 0 Å². The van der Waals surface area contributed by atoms with Gasteiger partial charge in [-0.05, 0) is 18.6 Å². The third kappa shape index (κ3) is 3.11. The second-order valence-corrected chi connectivity index (χ2v) is 7.08. The van der Waals surface area contributed by atoms with Crippen molar-refractivity contribution in [1.29, 1.82) is 0 Å². The van der Waals surface area contributed by atoms with Crippen LogP contribution in [0.1, 0.15) is 25.0 Å². The molecule has 1 fully saturated rings. The first-order valence-electron chi connectivity index (χ1n) is 6.16. The average molecular weight is 270 g/mol. The topological polar surface area (TPSA) is 3.24 Å². The van der Waals surface area contributed by atoms with Gasteiger partial charge in [0.15, 0.2) is 0 Å². The van der Waals surface area contributed by atoms with E-state index in [-0.39, 0.29) is 0 Å². The Morgan fingerprint density at radius 3 is 2.53 bits per heavy atom. The van der Waals surface area contributed by atoms with Crippen LogP contribution in [-0.2, 0) is 5.88 Å². The molecule has 2 rings (SSSR count). The molecular formula is C14H20ClNS. The van der Waals surface area contributed by atoms with Gasteiger partial charge in [-0.1, -0.05) is 31.5 Å². The van der Waals surface area contributed by atoms with Crippen LogP contribution in [0.4, 0.5) is 5.69 Å². The smallest absolute Gasteiger partial charge is 0.0494 e. The van der Waals surface area contributed by atoms with Crippen LogP contribution >= 0.6 is 23.4 Å². The lowest BCUT2D eigenvalue weighted by atomic mass is 10.1. The summed E-state index contributed by atoms with van der Waals surface area (Å²) in [5, 5.41) is 1.39. The van der Waals surface area contributed by atoms with Gasteiger partial charge in [-0.2, -0.15) is 11.8 Å². The van der Waals surface area contributed by atoms with E-state index in [0.29, 0.717) is 16.4 Å². The molecule has 3 heteroatoms. The number of aryl methyl sites for hydroxylation is 1. The lowest BCUT2D eigenvalue weighted by Crippen LogP contribution is -2.40. The Bertz CT molecular complexity index is 384. The normalized spacial score (nSPS) is 25.1. The highest BCUT2D eigenvalue weighted by Gasteiger charge is 2.23. The van der Waals surface area contributed by atoms with E-state index in [4.69, 9.17) is 11.6 Å². The summed E-state index contributed by atoms with van der Waals surface area (Å²) in [6.45, 7) is 8.99. The highest BCUT2D eigenvalue weighted by Crippen LogP contribution is 2.31. The zero-order valence-corrected chi connectivity index (χ0v) is 12.3. The number of anilines is 1. The fourth-order valence-corrected chi connectivity index (χ4v) is 4.04. The number of alkyl halides is 1. The number of benzene rings is 1. The quantitative estimate of drug-likeness (QED) is 0.745. The van der Waals surface area contributed by atoms with Crippen molar-refractivity contribution < 1.29 is 0 Å². The predicted octanol–water partition coefficient (Wildman–Crippen LogP) is 4.06. The van der Waals surface area contributed by atoms with E-state index in [1.165, 1.54) is 16.8 Å². The fourth-order valence-electron chi connectivity index (χ4n) is 2.50. The van der Waals surface area contributed by atoms with Crippen LogP contribution in [-0.4, -0.2) is 23.6 Å². The number of halogens is 1. The Morgan fingerprint density at radius 2 is 1.94 bits per heavy atom. The van der Waals surface area contributed by atoms with Gasteiger partial charge >= 0.3 is 0 Å². The maximum absolute atomic E-state index is 6.06. The number of hydrogen-bond donors (Lipinski definition) is 0. The maximum Gasteiger partial charge on any atom is 0.0494 e. The van der Waals surface area contributed by atoms with Crippen LogP contribution in [0.5, 0.6) is 0 Å². The summed E-state index contributed by atoms with van der Waals surface area (Å²) in [5.41, 5.74) is 3.87. The Hall–Kier alpha value is -0.340. The lowest BCUT2D eigenvalue weighted by Gasteiger charge is -2.37. The molecule has 0 bridgehead atoms. The van der Waals surface area contributed by atoms with Crippen LogP contribution in [0.3, 0.4) is 0 Å². The summed E-state index contributed by atoms with van der Waals surface area (Å²) in [6, 6.07) is 6.62. The minimum absolute atomic E-state index is 0.601. The van der Waals surface area contributed by atoms with Gasteiger partial charge in [0.25, 0.3) is 0 Å². The van der Waals surface area contributed by atoms with Crippen LogP contribution in [0.25, 0.3) is 0 Å². The van der Waals surface area contributed by atoms with Crippen molar-refractivity contribution in [2.45, 2.75) is 37.2 Å². The Labute approximate surface area is 114 Å². The minimum Gasteiger partial charge on any atom is -0.369 e. The molecule has 94 valence electrons. The highest BCUT2D eigenvalue weighted by atomic mass is 35.5. The van der Waals surface area contributed by atoms with Crippen LogP contribution in [0.2, 0.25) is 0 Å². The van der Waals surface area contributed by atoms with E-state index in [2.05, 4.69) is 55.6 Å². The number of nitrogens with zero attached hydrogens (tertiary/aromatic N) is 1. The first-order chi connectivity index (χ1) is 8.10. The summed E-state index contributed by atoms with van der Waals surface area (Å²) in [7, 11) is 0. The number of thioether (sulfide) groups is 1. The third-order valence-corrected chi connectivity index (χ3v) is 4.65. The number of hydrogen-bond acceptors (Lipinski definition) is 2. The first-order valence-corrected chi connectivity index (χ1v) is 7.63. The van der Waals surface area contributed by atoms with Crippen molar-refractivity contribution in [3.8, 4) is 0 Å². The van der Waals surface area contributed by atoms with Crippen LogP contribution in [0.15, 0.2) is 18.2 Å². The van der Waals surface area contributed by atoms with Gasteiger partial charge in [0.1, 0.15) is 0 Å². The largest absolute Gasteiger partial charge is 0.369 e. The fraction of sp³-hybridized carbons (Fsp3) is 0.571. The molecule has 1 heterocycles. The zero-order valence-electron chi connectivity index (χ0n) is 10.7. The third-order valence-electron chi connectivity index (χ3n) is 3.14. The highest BCUT2D eigenvalue weighted by molar-refractivity contribution is 8.00. The standard InChI is InChI=1S/C14H20ClNS/c1-10-4-5-14(13(6-10)7-15)16-8-11(2)17-12(3)9-16/h4-6,11-12H,7-9H2,1-3H3. The molecule has 1 aliphatic heterocycles. The molecule has 1 saturated heterocycles. The molecule has 0 aliphatic carbocycles. The molecule has 0 N–H and O–H groups in total. The van der Waals surface area contributed by atoms with Gasteiger partial charge in [0.2, 0.25) is 0 Å². The SMILES string of the molecule is Cc1ccc(N2CC(C)SC(C)C2)c(CCl)c1. The van der Waals surface area contributed by atoms with Crippen molar-refractivity contribution in [2.75, 3.05) is 18.0 Å². The average Bonchev–Trinajstić information content (AvgIpc) is 2.27. The molecule has 1 aliphatic rings. The molecule has 17 heavy (non-hydrogen) atoms. The summed E-state index contributed by atoms with van der Waals surface area (Å²) in [5.74, 6) is 0.601. The lowest BCUT2D eigenvalue weighted by molar-refractivity contribution is 0.726. The molecule has 0 saturated carbocycles. The Balaban J connectivity index is 2.26. The van der Waals surface area contributed by atoms with Gasteiger partial charge in [0.05, 0.1) is 0 Å². The predicted molar refractivity (Wildman–Crippen MR) is 79.5 cm³/mol. The van der Waals surface area contributed by atoms with Crippen molar-refractivity contribution in [3.05, 3.63) is 29.3 Å². The molecular weight excluding hydrogens is 250 g/mol. The zero-order chi connectivity index (χ0) is 12.4. The second kappa shape index (κ2) is 5.53. The van der Waals surface area contributed by atoms with E-state index in [1.807, 2.05) is 0 Å². The minimum atomic E-state index is 0.601. The van der Waals surface area contributed by atoms with Crippen molar-refractivity contribution in [2.24, 2.45) is 0 Å². The van der Waals surface area contributed by atoms with Gasteiger partial charge < -0.3 is 4.90 Å². The monoisotopic (exact) mass is 269 g/mol. The molecule has 0 radical (unpaired) electrons. The molecule has 0 spiro atoms. The van der Waals surface area contributed by atoms with E-state index >= 15 is 0 Å². The molecule has 1 aromatic rings. The maximum atomic E-state index is 6.06. The molecule has 1 aromatic carbocycles. The Kier molecular flexibility index (Phi) is 4.26. The summed E-state index contributed by atoms with van der Waals surface area (Å²) in [6.07, 6.45) is 0. The van der Waals surface area contributed by atoms with Crippen molar-refractivity contribution >= 4 is 29.1 Å². The second-order valence-electron chi connectivity index (χ2n) is 4.93. The van der Waals surface area contributed by atoms with Crippen LogP contribution < -0.4 is 4.90 Å². The summed E-state index contributed by atoms with van der Waals surface area (Å²) in [4.78, 5) is 2.49. The van der Waals surface area contributed by atoms with Crippen molar-refractivity contribution in [3.63, 3.8) is 0 Å². The summed E-state index contributed by atoms with van der Waals surface area (Å²) < 4.78 is 0. The summed E-state index contributed by atoms with van der Waals surface area (Å²) >= 11 is 8.15. The Morgan fingerprint density at radius 1 is 1.29 bits per heavy atom. The molecule has 2 unspecified atom stereocenters. The first kappa shape index (κ1) is 13.1. The van der Waals surface area contributed by atoms with Crippen molar-refractivity contribution in [1.82, 2.24) is 0 Å². The molecule has 0 aromatic heterocycles.